The van der Waals surface area contributed by atoms with Crippen LogP contribution in [0.15, 0.2) is 70.7 Å². The molecule has 0 saturated carbocycles. The topological polar surface area (TPSA) is 83.2 Å². The zero-order chi connectivity index (χ0) is 22.2. The molecule has 0 spiro atoms. The van der Waals surface area contributed by atoms with Gasteiger partial charge in [-0.25, -0.2) is 13.1 Å². The molecular formula is C23H23N3O4S. The van der Waals surface area contributed by atoms with E-state index in [-0.39, 0.29) is 16.2 Å². The number of hydrogen-bond acceptors (Lipinski definition) is 5. The Labute approximate surface area is 180 Å². The van der Waals surface area contributed by atoms with Crippen LogP contribution in [0.2, 0.25) is 0 Å². The smallest absolute Gasteiger partial charge is 0.258 e. The maximum atomic E-state index is 12.8. The number of aromatic nitrogens is 3. The van der Waals surface area contributed by atoms with E-state index in [1.54, 1.807) is 55.3 Å². The van der Waals surface area contributed by atoms with Crippen molar-refractivity contribution in [1.29, 1.82) is 0 Å². The Morgan fingerprint density at radius 3 is 2.52 bits per heavy atom. The molecule has 4 rings (SSSR count). The zero-order valence-corrected chi connectivity index (χ0v) is 18.4. The van der Waals surface area contributed by atoms with Crippen LogP contribution in [0.25, 0.3) is 27.6 Å². The average molecular weight is 438 g/mol. The molecule has 0 aliphatic heterocycles. The molecular weight excluding hydrogens is 414 g/mol. The summed E-state index contributed by atoms with van der Waals surface area (Å²) < 4.78 is 34.1. The zero-order valence-electron chi connectivity index (χ0n) is 17.6. The van der Waals surface area contributed by atoms with Gasteiger partial charge >= 0.3 is 0 Å². The molecule has 0 unspecified atom stereocenters. The highest BCUT2D eigenvalue weighted by molar-refractivity contribution is 7.91. The maximum absolute atomic E-state index is 12.8. The molecule has 2 aromatic heterocycles. The van der Waals surface area contributed by atoms with E-state index in [9.17, 15) is 13.2 Å². The fraction of sp³-hybridized carbons (Fsp3) is 0.217. The molecule has 4 aromatic rings. The van der Waals surface area contributed by atoms with Gasteiger partial charge < -0.3 is 9.30 Å². The molecule has 0 atom stereocenters. The molecule has 0 saturated heterocycles. The Morgan fingerprint density at radius 1 is 1.03 bits per heavy atom. The number of fused-ring (bicyclic) bond motifs is 1. The van der Waals surface area contributed by atoms with Gasteiger partial charge in [0.15, 0.2) is 9.84 Å². The molecule has 0 aliphatic rings. The molecule has 0 aliphatic carbocycles. The molecule has 0 amide bonds. The second-order valence-electron chi connectivity index (χ2n) is 7.13. The van der Waals surface area contributed by atoms with Gasteiger partial charge in [-0.2, -0.15) is 5.10 Å². The first kappa shape index (κ1) is 20.9. The van der Waals surface area contributed by atoms with Gasteiger partial charge in [-0.05, 0) is 54.8 Å². The lowest BCUT2D eigenvalue weighted by molar-refractivity contribution is 0.341. The first-order chi connectivity index (χ1) is 14.9. The summed E-state index contributed by atoms with van der Waals surface area (Å²) in [4.78, 5) is 13.0. The van der Waals surface area contributed by atoms with E-state index >= 15 is 0 Å². The molecule has 8 heteroatoms. The molecule has 2 heterocycles. The molecule has 7 nitrogen and oxygen atoms in total. The third-order valence-corrected chi connectivity index (χ3v) is 6.95. The number of nitrogens with zero attached hydrogens (tertiary/aromatic N) is 3. The summed E-state index contributed by atoms with van der Waals surface area (Å²) in [7, 11) is -1.73. The third kappa shape index (κ3) is 3.74. The second kappa shape index (κ2) is 8.03. The third-order valence-electron chi connectivity index (χ3n) is 5.22. The monoisotopic (exact) mass is 437 g/mol. The minimum atomic E-state index is -3.41. The van der Waals surface area contributed by atoms with Crippen molar-refractivity contribution in [2.75, 3.05) is 12.4 Å². The van der Waals surface area contributed by atoms with Crippen LogP contribution in [0, 0.1) is 0 Å². The van der Waals surface area contributed by atoms with E-state index in [0.717, 1.165) is 5.69 Å². The molecule has 0 radical (unpaired) electrons. The Hall–Kier alpha value is -3.39. The van der Waals surface area contributed by atoms with Gasteiger partial charge in [0.1, 0.15) is 5.75 Å². The largest absolute Gasteiger partial charge is 0.493 e. The predicted molar refractivity (Wildman–Crippen MR) is 121 cm³/mol. The van der Waals surface area contributed by atoms with Gasteiger partial charge in [0.25, 0.3) is 5.56 Å². The van der Waals surface area contributed by atoms with Crippen LogP contribution in [-0.2, 0) is 16.9 Å². The van der Waals surface area contributed by atoms with Crippen LogP contribution in [0.4, 0.5) is 0 Å². The number of pyridine rings is 1. The van der Waals surface area contributed by atoms with Crippen LogP contribution in [0.3, 0.4) is 0 Å². The lowest BCUT2D eigenvalue weighted by atomic mass is 9.99. The first-order valence-electron chi connectivity index (χ1n) is 9.99. The van der Waals surface area contributed by atoms with Crippen LogP contribution in [0.5, 0.6) is 5.75 Å². The number of sulfone groups is 1. The van der Waals surface area contributed by atoms with Gasteiger partial charge in [0.2, 0.25) is 0 Å². The van der Waals surface area contributed by atoms with Crippen LogP contribution >= 0.6 is 0 Å². The lowest BCUT2D eigenvalue weighted by Crippen LogP contribution is -2.17. The lowest BCUT2D eigenvalue weighted by Gasteiger charge is -2.16. The summed E-state index contributed by atoms with van der Waals surface area (Å²) >= 11 is 0. The molecule has 0 fully saturated rings. The van der Waals surface area contributed by atoms with Crippen molar-refractivity contribution in [3.63, 3.8) is 0 Å². The van der Waals surface area contributed by atoms with Crippen molar-refractivity contribution >= 4 is 20.6 Å². The summed E-state index contributed by atoms with van der Waals surface area (Å²) in [5.74, 6) is 0.555. The van der Waals surface area contributed by atoms with Crippen LogP contribution < -0.4 is 10.3 Å². The first-order valence-corrected chi connectivity index (χ1v) is 11.6. The van der Waals surface area contributed by atoms with Crippen molar-refractivity contribution in [3.8, 4) is 22.6 Å². The van der Waals surface area contributed by atoms with Crippen LogP contribution in [-0.4, -0.2) is 35.1 Å². The Bertz CT molecular complexity index is 1420. The number of aryl methyl sites for hydroxylation is 1. The fourth-order valence-corrected chi connectivity index (χ4v) is 4.50. The molecule has 0 N–H and O–H groups in total. The summed E-state index contributed by atoms with van der Waals surface area (Å²) in [6, 6.07) is 12.2. The van der Waals surface area contributed by atoms with E-state index < -0.39 is 9.84 Å². The van der Waals surface area contributed by atoms with Crippen molar-refractivity contribution in [3.05, 3.63) is 71.4 Å². The minimum absolute atomic E-state index is 0.00209. The molecule has 2 aromatic carbocycles. The quantitative estimate of drug-likeness (QED) is 0.460. The Kier molecular flexibility index (Phi) is 5.41. The van der Waals surface area contributed by atoms with Crippen molar-refractivity contribution in [2.45, 2.75) is 18.7 Å². The molecule has 0 bridgehead atoms. The van der Waals surface area contributed by atoms with Gasteiger partial charge in [-0.1, -0.05) is 6.92 Å². The highest BCUT2D eigenvalue weighted by atomic mass is 32.2. The van der Waals surface area contributed by atoms with E-state index in [2.05, 4.69) is 5.10 Å². The normalized spacial score (nSPS) is 11.7. The van der Waals surface area contributed by atoms with E-state index in [1.807, 2.05) is 31.3 Å². The highest BCUT2D eigenvalue weighted by Gasteiger charge is 2.19. The van der Waals surface area contributed by atoms with Gasteiger partial charge in [0, 0.05) is 42.2 Å². The number of benzene rings is 2. The number of hydrogen-bond donors (Lipinski definition) is 0. The molecule has 160 valence electrons. The maximum Gasteiger partial charge on any atom is 0.258 e. The minimum Gasteiger partial charge on any atom is -0.493 e. The van der Waals surface area contributed by atoms with Gasteiger partial charge in [0.05, 0.1) is 22.9 Å². The fourth-order valence-electron chi connectivity index (χ4n) is 3.59. The summed E-state index contributed by atoms with van der Waals surface area (Å²) in [5.41, 5.74) is 1.99. The average Bonchev–Trinajstić information content (AvgIpc) is 3.31. The predicted octanol–water partition coefficient (Wildman–Crippen LogP) is 3.58. The van der Waals surface area contributed by atoms with Crippen LogP contribution in [0.1, 0.15) is 13.8 Å². The Balaban J connectivity index is 2.07. The van der Waals surface area contributed by atoms with Crippen molar-refractivity contribution in [2.24, 2.45) is 7.05 Å². The van der Waals surface area contributed by atoms with Crippen molar-refractivity contribution < 1.29 is 13.2 Å². The standard InChI is InChI=1S/C23H23N3O4S/c1-4-30-22-10-8-17(31(28,29)5-2)14-20(22)21-15-25(3)23(27)18-9-7-16(13-19(18)21)26-12-6-11-24-26/h6-15H,4-5H2,1-3H3. The number of rotatable bonds is 6. The molecule has 31 heavy (non-hydrogen) atoms. The SMILES string of the molecule is CCOc1ccc(S(=O)(=O)CC)cc1-c1cn(C)c(=O)c2ccc(-n3cccn3)cc12. The number of ether oxygens (including phenoxy) is 1. The summed E-state index contributed by atoms with van der Waals surface area (Å²) in [6.45, 7) is 3.91. The second-order valence-corrected chi connectivity index (χ2v) is 9.41. The van der Waals surface area contributed by atoms with Crippen molar-refractivity contribution in [1.82, 2.24) is 14.3 Å². The van der Waals surface area contributed by atoms with E-state index in [4.69, 9.17) is 4.74 Å². The van der Waals surface area contributed by atoms with Gasteiger partial charge in [-0.3, -0.25) is 4.79 Å². The van der Waals surface area contributed by atoms with Gasteiger partial charge in [-0.15, -0.1) is 0 Å². The summed E-state index contributed by atoms with van der Waals surface area (Å²) in [6.07, 6.45) is 5.22. The highest BCUT2D eigenvalue weighted by Crippen LogP contribution is 2.36. The van der Waals surface area contributed by atoms with E-state index in [0.29, 0.717) is 34.3 Å². The van der Waals surface area contributed by atoms with E-state index in [1.165, 1.54) is 4.57 Å². The Morgan fingerprint density at radius 2 is 1.84 bits per heavy atom. The summed E-state index contributed by atoms with van der Waals surface area (Å²) in [5, 5.41) is 5.50.